The van der Waals surface area contributed by atoms with Gasteiger partial charge in [0.05, 0.1) is 17.4 Å². The second-order valence-corrected chi connectivity index (χ2v) is 15.0. The number of nitrogens with zero attached hydrogens (tertiary/aromatic N) is 5. The third-order valence-electron chi connectivity index (χ3n) is 4.83. The van der Waals surface area contributed by atoms with Crippen LogP contribution in [0.25, 0.3) is 11.0 Å². The van der Waals surface area contributed by atoms with Gasteiger partial charge in [0, 0.05) is 27.1 Å². The van der Waals surface area contributed by atoms with Gasteiger partial charge in [-0.15, -0.1) is 11.8 Å². The minimum atomic E-state index is -1.09. The molecule has 0 bridgehead atoms. The fourth-order valence-corrected chi connectivity index (χ4v) is 5.04. The monoisotopic (exact) mass is 415 g/mol. The normalized spacial score (nSPS) is 18.0. The Bertz CT molecular complexity index is 870. The Hall–Kier alpha value is -1.82. The Morgan fingerprint density at radius 2 is 2.18 bits per heavy atom. The molecule has 0 saturated heterocycles. The molecule has 0 saturated carbocycles. The van der Waals surface area contributed by atoms with E-state index in [-0.39, 0.29) is 11.3 Å². The highest BCUT2D eigenvalue weighted by molar-refractivity contribution is 8.03. The van der Waals surface area contributed by atoms with Gasteiger partial charge in [-0.1, -0.05) is 33.0 Å². The minimum absolute atomic E-state index is 0.0398. The van der Waals surface area contributed by atoms with Crippen LogP contribution >= 0.6 is 11.8 Å². The molecule has 0 N–H and O–H groups in total. The topological polar surface area (TPSA) is 67.0 Å². The van der Waals surface area contributed by atoms with Crippen molar-refractivity contribution in [3.05, 3.63) is 30.2 Å². The maximum atomic E-state index is 9.61. The highest BCUT2D eigenvalue weighted by atomic mass is 32.2. The van der Waals surface area contributed by atoms with Gasteiger partial charge >= 0.3 is 0 Å². The number of rotatable bonds is 9. The summed E-state index contributed by atoms with van der Waals surface area (Å²) in [6, 6.07) is 5.67. The van der Waals surface area contributed by atoms with Crippen LogP contribution < -0.4 is 4.90 Å². The van der Waals surface area contributed by atoms with E-state index in [4.69, 9.17) is 4.74 Å². The molecule has 8 heteroatoms. The van der Waals surface area contributed by atoms with Crippen molar-refractivity contribution in [2.45, 2.75) is 57.6 Å². The van der Waals surface area contributed by atoms with Crippen LogP contribution in [0.5, 0.6) is 0 Å². The first-order valence-corrected chi connectivity index (χ1v) is 14.5. The third-order valence-corrected chi connectivity index (χ3v) is 7.65. The van der Waals surface area contributed by atoms with E-state index in [1.165, 1.54) is 0 Å². The van der Waals surface area contributed by atoms with Gasteiger partial charge in [-0.05, 0) is 23.9 Å². The molecule has 28 heavy (non-hydrogen) atoms. The van der Waals surface area contributed by atoms with Crippen LogP contribution in [0.4, 0.5) is 5.82 Å². The van der Waals surface area contributed by atoms with E-state index in [1.54, 1.807) is 18.1 Å². The summed E-state index contributed by atoms with van der Waals surface area (Å²) in [5.74, 6) is 0.815. The molecular formula is C20H29N5OSSi. The number of aromatic nitrogens is 3. The average Bonchev–Trinajstić information content (AvgIpc) is 3.29. The van der Waals surface area contributed by atoms with Gasteiger partial charge in [-0.25, -0.2) is 9.97 Å². The van der Waals surface area contributed by atoms with Crippen molar-refractivity contribution in [2.24, 2.45) is 5.92 Å². The molecule has 0 aromatic carbocycles. The molecule has 0 fully saturated rings. The largest absolute Gasteiger partial charge is 0.361 e. The Morgan fingerprint density at radius 3 is 2.89 bits per heavy atom. The van der Waals surface area contributed by atoms with Crippen molar-refractivity contribution >= 4 is 36.7 Å². The number of hydrogen-bond acceptors (Lipinski definition) is 6. The van der Waals surface area contributed by atoms with Crippen molar-refractivity contribution in [1.29, 1.82) is 5.26 Å². The van der Waals surface area contributed by atoms with Crippen LogP contribution in [0.3, 0.4) is 0 Å². The Labute approximate surface area is 172 Å². The fourth-order valence-electron chi connectivity index (χ4n) is 3.23. The lowest BCUT2D eigenvalue weighted by atomic mass is 10.0. The number of nitriles is 1. The maximum absolute atomic E-state index is 9.61. The second-order valence-electron chi connectivity index (χ2n) is 8.31. The zero-order valence-electron chi connectivity index (χ0n) is 17.1. The number of ether oxygens (including phenoxy) is 1. The summed E-state index contributed by atoms with van der Waals surface area (Å²) in [5.41, 5.74) is 0.867. The van der Waals surface area contributed by atoms with Gasteiger partial charge in [-0.3, -0.25) is 0 Å². The van der Waals surface area contributed by atoms with Crippen LogP contribution in [-0.2, 0) is 11.5 Å². The van der Waals surface area contributed by atoms with E-state index in [0.29, 0.717) is 6.73 Å². The molecule has 3 rings (SSSR count). The summed E-state index contributed by atoms with van der Waals surface area (Å²) in [7, 11) is -1.09. The average molecular weight is 416 g/mol. The maximum Gasteiger partial charge on any atom is 0.147 e. The first-order valence-electron chi connectivity index (χ1n) is 9.82. The Morgan fingerprint density at radius 1 is 1.36 bits per heavy atom. The molecule has 1 aliphatic rings. The van der Waals surface area contributed by atoms with Crippen LogP contribution in [0.15, 0.2) is 30.2 Å². The SMILES string of the molecule is CCCC(C#N)C1SC=CN1c1ncnc2c1ccn2COCC[Si](C)(C)C. The number of fused-ring (bicyclic) bond motifs is 1. The molecule has 2 aromatic rings. The molecule has 2 unspecified atom stereocenters. The summed E-state index contributed by atoms with van der Waals surface area (Å²) in [5, 5.41) is 12.7. The first kappa shape index (κ1) is 20.9. The van der Waals surface area contributed by atoms with E-state index in [0.717, 1.165) is 42.3 Å². The predicted molar refractivity (Wildman–Crippen MR) is 119 cm³/mol. The molecule has 2 atom stereocenters. The van der Waals surface area contributed by atoms with Crippen molar-refractivity contribution in [3.8, 4) is 6.07 Å². The van der Waals surface area contributed by atoms with Crippen molar-refractivity contribution in [3.63, 3.8) is 0 Å². The zero-order chi connectivity index (χ0) is 20.1. The lowest BCUT2D eigenvalue weighted by molar-refractivity contribution is 0.0899. The van der Waals surface area contributed by atoms with Crippen LogP contribution in [-0.4, -0.2) is 34.6 Å². The second kappa shape index (κ2) is 9.12. The van der Waals surface area contributed by atoms with Crippen LogP contribution in [0.2, 0.25) is 25.7 Å². The van der Waals surface area contributed by atoms with Gasteiger partial charge in [0.2, 0.25) is 0 Å². The van der Waals surface area contributed by atoms with Crippen LogP contribution in [0, 0.1) is 17.2 Å². The van der Waals surface area contributed by atoms with Gasteiger partial charge in [0.1, 0.15) is 29.9 Å². The summed E-state index contributed by atoms with van der Waals surface area (Å²) in [6.45, 7) is 10.5. The summed E-state index contributed by atoms with van der Waals surface area (Å²) in [6.07, 6.45) is 7.51. The van der Waals surface area contributed by atoms with Crippen molar-refractivity contribution in [1.82, 2.24) is 14.5 Å². The highest BCUT2D eigenvalue weighted by Gasteiger charge is 2.31. The lowest BCUT2D eigenvalue weighted by Crippen LogP contribution is -2.31. The first-order chi connectivity index (χ1) is 13.4. The van der Waals surface area contributed by atoms with E-state index in [9.17, 15) is 5.26 Å². The van der Waals surface area contributed by atoms with Gasteiger partial charge in [0.15, 0.2) is 0 Å². The quantitative estimate of drug-likeness (QED) is 0.422. The van der Waals surface area contributed by atoms with Gasteiger partial charge in [0.25, 0.3) is 0 Å². The van der Waals surface area contributed by atoms with E-state index in [1.807, 2.05) is 23.0 Å². The Kier molecular flexibility index (Phi) is 6.80. The van der Waals surface area contributed by atoms with Gasteiger partial charge in [-0.2, -0.15) is 5.26 Å². The lowest BCUT2D eigenvalue weighted by Gasteiger charge is -2.27. The molecule has 3 heterocycles. The number of hydrogen-bond donors (Lipinski definition) is 0. The van der Waals surface area contributed by atoms with Crippen LogP contribution in [0.1, 0.15) is 19.8 Å². The standard InChI is InChI=1S/C20H29N5OSSi/c1-5-6-16(13-21)20-25(9-11-27-20)19-17-7-8-24(18(17)22-14-23-19)15-26-10-12-28(2,3)4/h7-9,11,14,16,20H,5-6,10,12,15H2,1-4H3. The van der Waals surface area contributed by atoms with Crippen molar-refractivity contribution < 1.29 is 4.74 Å². The molecule has 150 valence electrons. The fraction of sp³-hybridized carbons (Fsp3) is 0.550. The van der Waals surface area contributed by atoms with Crippen molar-refractivity contribution in [2.75, 3.05) is 11.5 Å². The van der Waals surface area contributed by atoms with Gasteiger partial charge < -0.3 is 14.2 Å². The summed E-state index contributed by atoms with van der Waals surface area (Å²) in [4.78, 5) is 11.2. The molecule has 2 aromatic heterocycles. The molecule has 0 radical (unpaired) electrons. The number of anilines is 1. The molecule has 6 nitrogen and oxygen atoms in total. The predicted octanol–water partition coefficient (Wildman–Crippen LogP) is 5.03. The highest BCUT2D eigenvalue weighted by Crippen LogP contribution is 2.38. The molecule has 0 aliphatic carbocycles. The van der Waals surface area contributed by atoms with E-state index in [2.05, 4.69) is 52.9 Å². The van der Waals surface area contributed by atoms with E-state index >= 15 is 0 Å². The molecule has 0 spiro atoms. The summed E-state index contributed by atoms with van der Waals surface area (Å²) >= 11 is 1.69. The zero-order valence-corrected chi connectivity index (χ0v) is 18.9. The molecule has 0 amide bonds. The molecular weight excluding hydrogens is 386 g/mol. The smallest absolute Gasteiger partial charge is 0.147 e. The number of thioether (sulfide) groups is 1. The molecule has 1 aliphatic heterocycles. The minimum Gasteiger partial charge on any atom is -0.361 e. The Balaban J connectivity index is 1.79. The summed E-state index contributed by atoms with van der Waals surface area (Å²) < 4.78 is 7.93. The third kappa shape index (κ3) is 4.77. The van der Waals surface area contributed by atoms with E-state index < -0.39 is 8.07 Å².